The standard InChI is InChI=1S/C17H13BrN6O/c18-12-6-8-13(9-7-12)24-20-10-14(22-24)17-21-16(23-25-17)15(19)11-4-2-1-3-5-11/h1-10,15H,19H2. The Morgan fingerprint density at radius 3 is 2.56 bits per heavy atom. The van der Waals surface area contributed by atoms with Crippen LogP contribution in [0.4, 0.5) is 0 Å². The van der Waals surface area contributed by atoms with Gasteiger partial charge in [-0.05, 0) is 29.8 Å². The fourth-order valence-corrected chi connectivity index (χ4v) is 2.60. The lowest BCUT2D eigenvalue weighted by Crippen LogP contribution is -2.13. The monoisotopic (exact) mass is 396 g/mol. The van der Waals surface area contributed by atoms with E-state index in [0.717, 1.165) is 15.7 Å². The lowest BCUT2D eigenvalue weighted by atomic mass is 10.1. The molecule has 7 nitrogen and oxygen atoms in total. The van der Waals surface area contributed by atoms with Crippen LogP contribution in [0.2, 0.25) is 0 Å². The molecule has 25 heavy (non-hydrogen) atoms. The molecule has 4 rings (SSSR count). The first-order valence-electron chi connectivity index (χ1n) is 7.53. The molecule has 0 aliphatic carbocycles. The van der Waals surface area contributed by atoms with Crippen molar-refractivity contribution < 1.29 is 4.52 Å². The fourth-order valence-electron chi connectivity index (χ4n) is 2.33. The maximum absolute atomic E-state index is 6.19. The zero-order valence-corrected chi connectivity index (χ0v) is 14.5. The average Bonchev–Trinajstić information content (AvgIpc) is 3.32. The Bertz CT molecular complexity index is 980. The molecule has 1 unspecified atom stereocenters. The summed E-state index contributed by atoms with van der Waals surface area (Å²) >= 11 is 3.40. The minimum absolute atomic E-state index is 0.282. The third-order valence-corrected chi connectivity index (χ3v) is 4.18. The summed E-state index contributed by atoms with van der Waals surface area (Å²) < 4.78 is 6.28. The largest absolute Gasteiger partial charge is 0.332 e. The van der Waals surface area contributed by atoms with Crippen LogP contribution < -0.4 is 5.73 Å². The maximum Gasteiger partial charge on any atom is 0.280 e. The van der Waals surface area contributed by atoms with E-state index in [2.05, 4.69) is 36.3 Å². The van der Waals surface area contributed by atoms with Crippen LogP contribution >= 0.6 is 15.9 Å². The molecule has 0 amide bonds. The van der Waals surface area contributed by atoms with Crippen LogP contribution in [0.3, 0.4) is 0 Å². The highest BCUT2D eigenvalue weighted by atomic mass is 79.9. The lowest BCUT2D eigenvalue weighted by molar-refractivity contribution is 0.418. The van der Waals surface area contributed by atoms with Gasteiger partial charge < -0.3 is 10.3 Å². The highest BCUT2D eigenvalue weighted by Crippen LogP contribution is 2.21. The molecule has 4 aromatic rings. The first kappa shape index (κ1) is 15.7. The molecule has 0 saturated heterocycles. The number of nitrogens with two attached hydrogens (primary N) is 1. The van der Waals surface area contributed by atoms with Crippen LogP contribution in [0.1, 0.15) is 17.4 Å². The molecular weight excluding hydrogens is 384 g/mol. The van der Waals surface area contributed by atoms with Gasteiger partial charge in [-0.15, -0.1) is 5.10 Å². The molecule has 2 N–H and O–H groups in total. The molecule has 0 radical (unpaired) electrons. The summed E-state index contributed by atoms with van der Waals surface area (Å²) in [7, 11) is 0. The first-order chi connectivity index (χ1) is 12.2. The Morgan fingerprint density at radius 2 is 1.80 bits per heavy atom. The van der Waals surface area contributed by atoms with Gasteiger partial charge in [0, 0.05) is 4.47 Å². The van der Waals surface area contributed by atoms with Crippen LogP contribution in [-0.2, 0) is 0 Å². The van der Waals surface area contributed by atoms with Crippen molar-refractivity contribution in [1.29, 1.82) is 0 Å². The Hall–Kier alpha value is -2.84. The minimum atomic E-state index is -0.458. The second kappa shape index (κ2) is 6.58. The molecule has 8 heteroatoms. The van der Waals surface area contributed by atoms with Gasteiger partial charge in [0.1, 0.15) is 0 Å². The zero-order valence-electron chi connectivity index (χ0n) is 13.0. The number of rotatable bonds is 4. The van der Waals surface area contributed by atoms with Crippen molar-refractivity contribution >= 4 is 15.9 Å². The minimum Gasteiger partial charge on any atom is -0.332 e. The van der Waals surface area contributed by atoms with Crippen molar-refractivity contribution in [3.8, 4) is 17.3 Å². The zero-order chi connectivity index (χ0) is 17.2. The van der Waals surface area contributed by atoms with Gasteiger partial charge in [-0.2, -0.15) is 14.9 Å². The Labute approximate surface area is 151 Å². The van der Waals surface area contributed by atoms with Gasteiger partial charge in [0.15, 0.2) is 11.5 Å². The van der Waals surface area contributed by atoms with Crippen molar-refractivity contribution in [3.05, 3.63) is 76.7 Å². The van der Waals surface area contributed by atoms with Gasteiger partial charge in [-0.25, -0.2) is 0 Å². The summed E-state index contributed by atoms with van der Waals surface area (Å²) in [5.41, 5.74) is 8.41. The second-order valence-electron chi connectivity index (χ2n) is 5.34. The molecule has 2 heterocycles. The Morgan fingerprint density at radius 1 is 1.04 bits per heavy atom. The maximum atomic E-state index is 6.19. The van der Waals surface area contributed by atoms with E-state index >= 15 is 0 Å². The van der Waals surface area contributed by atoms with Crippen molar-refractivity contribution in [2.45, 2.75) is 6.04 Å². The SMILES string of the molecule is NC(c1ccccc1)c1noc(-c2cnn(-c3ccc(Br)cc3)n2)n1. The molecule has 0 saturated carbocycles. The number of halogens is 1. The molecule has 0 spiro atoms. The number of benzene rings is 2. The van der Waals surface area contributed by atoms with Crippen LogP contribution in [0.15, 0.2) is 69.8 Å². The van der Waals surface area contributed by atoms with E-state index in [9.17, 15) is 0 Å². The van der Waals surface area contributed by atoms with E-state index in [1.807, 2.05) is 54.6 Å². The van der Waals surface area contributed by atoms with Gasteiger partial charge in [0.05, 0.1) is 17.9 Å². The number of aromatic nitrogens is 5. The smallest absolute Gasteiger partial charge is 0.280 e. The van der Waals surface area contributed by atoms with E-state index in [0.29, 0.717) is 11.5 Å². The molecule has 0 bridgehead atoms. The molecule has 124 valence electrons. The van der Waals surface area contributed by atoms with Crippen molar-refractivity contribution in [2.24, 2.45) is 5.73 Å². The predicted octanol–water partition coefficient (Wildman–Crippen LogP) is 3.13. The van der Waals surface area contributed by atoms with Crippen molar-refractivity contribution in [3.63, 3.8) is 0 Å². The van der Waals surface area contributed by atoms with Gasteiger partial charge in [0.2, 0.25) is 0 Å². The summed E-state index contributed by atoms with van der Waals surface area (Å²) in [5.74, 6) is 0.684. The van der Waals surface area contributed by atoms with E-state index in [-0.39, 0.29) is 5.89 Å². The first-order valence-corrected chi connectivity index (χ1v) is 8.33. The van der Waals surface area contributed by atoms with Crippen molar-refractivity contribution in [2.75, 3.05) is 0 Å². The molecule has 1 atom stereocenters. The van der Waals surface area contributed by atoms with Crippen molar-refractivity contribution in [1.82, 2.24) is 25.1 Å². The summed E-state index contributed by atoms with van der Waals surface area (Å²) in [4.78, 5) is 5.85. The summed E-state index contributed by atoms with van der Waals surface area (Å²) in [6.45, 7) is 0. The highest BCUT2D eigenvalue weighted by Gasteiger charge is 2.18. The molecule has 2 aromatic heterocycles. The highest BCUT2D eigenvalue weighted by molar-refractivity contribution is 9.10. The van der Waals surface area contributed by atoms with Gasteiger partial charge >= 0.3 is 0 Å². The average molecular weight is 397 g/mol. The summed E-state index contributed by atoms with van der Waals surface area (Å²) in [6.07, 6.45) is 1.58. The number of nitrogens with zero attached hydrogens (tertiary/aromatic N) is 5. The number of hydrogen-bond donors (Lipinski definition) is 1. The molecule has 0 aliphatic rings. The lowest BCUT2D eigenvalue weighted by Gasteiger charge is -2.05. The molecule has 2 aromatic carbocycles. The van der Waals surface area contributed by atoms with E-state index in [1.54, 1.807) is 6.20 Å². The normalized spacial score (nSPS) is 12.2. The van der Waals surface area contributed by atoms with Gasteiger partial charge in [-0.1, -0.05) is 51.4 Å². The Kier molecular flexibility index (Phi) is 4.12. The van der Waals surface area contributed by atoms with E-state index in [1.165, 1.54) is 4.80 Å². The Balaban J connectivity index is 1.59. The predicted molar refractivity (Wildman–Crippen MR) is 94.8 cm³/mol. The third-order valence-electron chi connectivity index (χ3n) is 3.65. The van der Waals surface area contributed by atoms with Crippen LogP contribution in [0, 0.1) is 0 Å². The fraction of sp³-hybridized carbons (Fsp3) is 0.0588. The van der Waals surface area contributed by atoms with E-state index in [4.69, 9.17) is 10.3 Å². The van der Waals surface area contributed by atoms with Gasteiger partial charge in [0.25, 0.3) is 5.89 Å². The van der Waals surface area contributed by atoms with Crippen LogP contribution in [0.25, 0.3) is 17.3 Å². The molecule has 0 fully saturated rings. The summed E-state index contributed by atoms with van der Waals surface area (Å²) in [5, 5.41) is 12.6. The topological polar surface area (TPSA) is 95.7 Å². The van der Waals surface area contributed by atoms with Gasteiger partial charge in [-0.3, -0.25) is 0 Å². The van der Waals surface area contributed by atoms with Crippen LogP contribution in [-0.4, -0.2) is 25.1 Å². The number of hydrogen-bond acceptors (Lipinski definition) is 6. The molecular formula is C17H13BrN6O. The van der Waals surface area contributed by atoms with E-state index < -0.39 is 6.04 Å². The van der Waals surface area contributed by atoms with Crippen LogP contribution in [0.5, 0.6) is 0 Å². The third kappa shape index (κ3) is 3.21. The summed E-state index contributed by atoms with van der Waals surface area (Å²) in [6, 6.07) is 16.8. The second-order valence-corrected chi connectivity index (χ2v) is 6.26. The molecule has 0 aliphatic heterocycles. The quantitative estimate of drug-likeness (QED) is 0.569.